The van der Waals surface area contributed by atoms with Gasteiger partial charge in [-0.1, -0.05) is 43.3 Å². The van der Waals surface area contributed by atoms with Crippen molar-refractivity contribution in [1.82, 2.24) is 10.6 Å². The maximum absolute atomic E-state index is 9.62. The summed E-state index contributed by atoms with van der Waals surface area (Å²) >= 11 is 4.94. The summed E-state index contributed by atoms with van der Waals surface area (Å²) in [6, 6.07) is 10.6. The fraction of sp³-hybridized carbons (Fsp3) is 0.438. The van der Waals surface area contributed by atoms with Crippen LogP contribution in [-0.4, -0.2) is 35.8 Å². The summed E-state index contributed by atoms with van der Waals surface area (Å²) in [5, 5.41) is 16.3. The standard InChI is InChI=1S/C16H22N2OS/c1-11(15(17-2)16(19)20)14-10-13(8-9-18-14)12-6-4-3-5-7-12/h3-8,11,14-15,17-18H,9-10H2,1-2H3,(H,19,20)/t11?,14?,15-/m1/s1. The van der Waals surface area contributed by atoms with Gasteiger partial charge in [-0.05, 0) is 42.7 Å². The molecule has 1 aliphatic heterocycles. The van der Waals surface area contributed by atoms with Crippen molar-refractivity contribution < 1.29 is 5.11 Å². The third kappa shape index (κ3) is 3.45. The molecule has 1 aromatic rings. The summed E-state index contributed by atoms with van der Waals surface area (Å²) in [6.07, 6.45) is 3.19. The van der Waals surface area contributed by atoms with Crippen LogP contribution in [0.1, 0.15) is 18.9 Å². The molecule has 1 aliphatic rings. The van der Waals surface area contributed by atoms with Crippen molar-refractivity contribution in [2.45, 2.75) is 25.4 Å². The van der Waals surface area contributed by atoms with Crippen molar-refractivity contribution in [3.63, 3.8) is 0 Å². The molecular formula is C16H22N2OS. The van der Waals surface area contributed by atoms with E-state index < -0.39 is 0 Å². The molecule has 2 rings (SSSR count). The minimum absolute atomic E-state index is 0.0395. The quantitative estimate of drug-likeness (QED) is 0.729. The topological polar surface area (TPSA) is 44.3 Å². The molecule has 4 heteroatoms. The van der Waals surface area contributed by atoms with Crippen molar-refractivity contribution in [3.05, 3.63) is 42.0 Å². The SMILES string of the molecule is CN[C@@H](C(O)=S)C(C)C1CC(c2ccccc2)=CCN1. The van der Waals surface area contributed by atoms with Gasteiger partial charge in [0.2, 0.25) is 0 Å². The lowest BCUT2D eigenvalue weighted by Gasteiger charge is -2.33. The Bertz CT molecular complexity index is 487. The lowest BCUT2D eigenvalue weighted by molar-refractivity contribution is 0.327. The van der Waals surface area contributed by atoms with Crippen LogP contribution in [0.2, 0.25) is 0 Å². The van der Waals surface area contributed by atoms with Crippen LogP contribution in [0.15, 0.2) is 36.4 Å². The van der Waals surface area contributed by atoms with Crippen LogP contribution in [0, 0.1) is 5.92 Å². The molecule has 0 fully saturated rings. The van der Waals surface area contributed by atoms with Gasteiger partial charge in [0.15, 0.2) is 5.05 Å². The average molecular weight is 290 g/mol. The molecule has 20 heavy (non-hydrogen) atoms. The van der Waals surface area contributed by atoms with Gasteiger partial charge in [0.1, 0.15) is 0 Å². The third-order valence-corrected chi connectivity index (χ3v) is 4.30. The molecule has 0 aromatic heterocycles. The summed E-state index contributed by atoms with van der Waals surface area (Å²) in [5.41, 5.74) is 2.64. The molecule has 0 saturated heterocycles. The zero-order valence-electron chi connectivity index (χ0n) is 12.0. The highest BCUT2D eigenvalue weighted by Crippen LogP contribution is 2.26. The highest BCUT2D eigenvalue weighted by atomic mass is 32.1. The second kappa shape index (κ2) is 6.97. The number of aliphatic hydroxyl groups is 1. The summed E-state index contributed by atoms with van der Waals surface area (Å²) in [7, 11) is 1.83. The average Bonchev–Trinajstić information content (AvgIpc) is 2.48. The maximum Gasteiger partial charge on any atom is 0.174 e. The molecule has 3 N–H and O–H groups in total. The van der Waals surface area contributed by atoms with Crippen LogP contribution in [-0.2, 0) is 0 Å². The molecule has 0 saturated carbocycles. The lowest BCUT2D eigenvalue weighted by Crippen LogP contribution is -2.49. The zero-order valence-corrected chi connectivity index (χ0v) is 12.8. The fourth-order valence-corrected chi connectivity index (χ4v) is 3.16. The zero-order chi connectivity index (χ0) is 14.5. The number of likely N-dealkylation sites (N-methyl/N-ethyl adjacent to an activating group) is 1. The molecule has 3 atom stereocenters. The van der Waals surface area contributed by atoms with Crippen molar-refractivity contribution >= 4 is 22.8 Å². The highest BCUT2D eigenvalue weighted by molar-refractivity contribution is 7.80. The Hall–Kier alpha value is -1.23. The number of aliphatic hydroxyl groups excluding tert-OH is 1. The van der Waals surface area contributed by atoms with Crippen LogP contribution >= 0.6 is 12.2 Å². The van der Waals surface area contributed by atoms with Gasteiger partial charge in [0.25, 0.3) is 0 Å². The fourth-order valence-electron chi connectivity index (χ4n) is 2.83. The molecule has 0 bridgehead atoms. The van der Waals surface area contributed by atoms with E-state index in [1.807, 2.05) is 13.1 Å². The number of thiocarbonyl (C=S) groups is 1. The highest BCUT2D eigenvalue weighted by Gasteiger charge is 2.29. The van der Waals surface area contributed by atoms with E-state index in [2.05, 4.69) is 47.9 Å². The summed E-state index contributed by atoms with van der Waals surface area (Å²) in [4.78, 5) is 0. The smallest absolute Gasteiger partial charge is 0.174 e. The predicted molar refractivity (Wildman–Crippen MR) is 88.1 cm³/mol. The van der Waals surface area contributed by atoms with Gasteiger partial charge in [-0.25, -0.2) is 0 Å². The lowest BCUT2D eigenvalue weighted by atomic mass is 9.85. The molecule has 0 radical (unpaired) electrons. The minimum atomic E-state index is -0.155. The maximum atomic E-state index is 9.62. The monoisotopic (exact) mass is 290 g/mol. The first kappa shape index (κ1) is 15.2. The first-order chi connectivity index (χ1) is 9.63. The normalized spacial score (nSPS) is 21.9. The van der Waals surface area contributed by atoms with Gasteiger partial charge in [-0.3, -0.25) is 0 Å². The van der Waals surface area contributed by atoms with Crippen LogP contribution in [0.25, 0.3) is 5.57 Å². The van der Waals surface area contributed by atoms with E-state index in [1.165, 1.54) is 11.1 Å². The number of rotatable bonds is 5. The second-order valence-electron chi connectivity index (χ2n) is 5.28. The van der Waals surface area contributed by atoms with Gasteiger partial charge < -0.3 is 15.7 Å². The van der Waals surface area contributed by atoms with Gasteiger partial charge in [-0.2, -0.15) is 0 Å². The number of hydrogen-bond donors (Lipinski definition) is 3. The third-order valence-electron chi connectivity index (χ3n) is 4.05. The van der Waals surface area contributed by atoms with Gasteiger partial charge in [-0.15, -0.1) is 0 Å². The Morgan fingerprint density at radius 3 is 2.70 bits per heavy atom. The van der Waals surface area contributed by atoms with E-state index in [1.54, 1.807) is 0 Å². The van der Waals surface area contributed by atoms with E-state index in [4.69, 9.17) is 12.2 Å². The van der Waals surface area contributed by atoms with Crippen molar-refractivity contribution in [1.29, 1.82) is 0 Å². The molecule has 108 valence electrons. The first-order valence-electron chi connectivity index (χ1n) is 7.01. The molecule has 2 unspecified atom stereocenters. The van der Waals surface area contributed by atoms with E-state index in [-0.39, 0.29) is 17.0 Å². The molecule has 0 spiro atoms. The van der Waals surface area contributed by atoms with Gasteiger partial charge in [0.05, 0.1) is 6.04 Å². The Kier molecular flexibility index (Phi) is 5.29. The minimum Gasteiger partial charge on any atom is -0.501 e. The van der Waals surface area contributed by atoms with Crippen molar-refractivity contribution in [2.75, 3.05) is 13.6 Å². The molecule has 1 aromatic carbocycles. The first-order valence-corrected chi connectivity index (χ1v) is 7.42. The largest absolute Gasteiger partial charge is 0.501 e. The van der Waals surface area contributed by atoms with Crippen molar-refractivity contribution in [2.24, 2.45) is 5.92 Å². The number of hydrogen-bond acceptors (Lipinski definition) is 3. The van der Waals surface area contributed by atoms with Crippen LogP contribution in [0.4, 0.5) is 0 Å². The molecule has 0 aliphatic carbocycles. The van der Waals surface area contributed by atoms with Gasteiger partial charge in [0, 0.05) is 12.6 Å². The Morgan fingerprint density at radius 2 is 2.10 bits per heavy atom. The Balaban J connectivity index is 2.10. The molecule has 3 nitrogen and oxygen atoms in total. The Labute approximate surface area is 126 Å². The van der Waals surface area contributed by atoms with Crippen LogP contribution in [0.5, 0.6) is 0 Å². The number of benzene rings is 1. The summed E-state index contributed by atoms with van der Waals surface area (Å²) in [5.74, 6) is 0.227. The van der Waals surface area contributed by atoms with Crippen LogP contribution < -0.4 is 10.6 Å². The molecule has 1 heterocycles. The second-order valence-corrected chi connectivity index (χ2v) is 5.70. The summed E-state index contributed by atoms with van der Waals surface area (Å²) < 4.78 is 0. The molecular weight excluding hydrogens is 268 g/mol. The van der Waals surface area contributed by atoms with Crippen LogP contribution in [0.3, 0.4) is 0 Å². The molecule has 0 amide bonds. The van der Waals surface area contributed by atoms with E-state index >= 15 is 0 Å². The van der Waals surface area contributed by atoms with E-state index in [9.17, 15) is 5.11 Å². The van der Waals surface area contributed by atoms with Gasteiger partial charge >= 0.3 is 0 Å². The van der Waals surface area contributed by atoms with Crippen molar-refractivity contribution in [3.8, 4) is 0 Å². The van der Waals surface area contributed by atoms with E-state index in [0.29, 0.717) is 6.04 Å². The number of nitrogens with one attached hydrogen (secondary N) is 2. The van der Waals surface area contributed by atoms with E-state index in [0.717, 1.165) is 13.0 Å². The Morgan fingerprint density at radius 1 is 1.40 bits per heavy atom. The summed E-state index contributed by atoms with van der Waals surface area (Å²) in [6.45, 7) is 2.98. The predicted octanol–water partition coefficient (Wildman–Crippen LogP) is 2.54.